The van der Waals surface area contributed by atoms with Crippen molar-refractivity contribution in [1.82, 2.24) is 0 Å². The second-order valence-electron chi connectivity index (χ2n) is 18.2. The Morgan fingerprint density at radius 2 is 1.30 bits per heavy atom. The van der Waals surface area contributed by atoms with Gasteiger partial charge in [0.05, 0.1) is 11.7 Å². The van der Waals surface area contributed by atoms with Gasteiger partial charge in [0.25, 0.3) is 0 Å². The molecule has 0 aromatic carbocycles. The summed E-state index contributed by atoms with van der Waals surface area (Å²) in [6.45, 7) is 21.1. The molecule has 264 valence electrons. The summed E-state index contributed by atoms with van der Waals surface area (Å²) >= 11 is 0. The van der Waals surface area contributed by atoms with Crippen LogP contribution in [0.25, 0.3) is 0 Å². The summed E-state index contributed by atoms with van der Waals surface area (Å²) in [6, 6.07) is 0. The molecule has 12 atom stereocenters. The monoisotopic (exact) mass is 658 g/mol. The van der Waals surface area contributed by atoms with Gasteiger partial charge in [0, 0.05) is 44.9 Å². The van der Waals surface area contributed by atoms with E-state index in [1.807, 2.05) is 13.8 Å². The number of carbonyl (C=O) groups excluding carboxylic acids is 4. The fourth-order valence-corrected chi connectivity index (χ4v) is 13.5. The second-order valence-corrected chi connectivity index (χ2v) is 18.2. The van der Waals surface area contributed by atoms with E-state index in [0.717, 1.165) is 57.8 Å². The van der Waals surface area contributed by atoms with Crippen LogP contribution in [-0.2, 0) is 42.9 Å². The van der Waals surface area contributed by atoms with Crippen LogP contribution in [0.5, 0.6) is 0 Å². The molecule has 9 heteroatoms. The molecule has 6 fully saturated rings. The van der Waals surface area contributed by atoms with Crippen molar-refractivity contribution in [2.75, 3.05) is 0 Å². The van der Waals surface area contributed by atoms with Crippen molar-refractivity contribution >= 4 is 23.9 Å². The van der Waals surface area contributed by atoms with Crippen molar-refractivity contribution in [3.63, 3.8) is 0 Å². The van der Waals surface area contributed by atoms with Gasteiger partial charge >= 0.3 is 23.9 Å². The molecule has 0 aromatic rings. The van der Waals surface area contributed by atoms with Gasteiger partial charge in [-0.25, -0.2) is 0 Å². The van der Waals surface area contributed by atoms with Crippen LogP contribution in [0.1, 0.15) is 134 Å². The van der Waals surface area contributed by atoms with Crippen LogP contribution in [0, 0.1) is 44.8 Å². The predicted molar refractivity (Wildman–Crippen MR) is 173 cm³/mol. The van der Waals surface area contributed by atoms with Crippen LogP contribution in [0.15, 0.2) is 0 Å². The SMILES string of the molecule is CC(=O)O[C@H]1C[C@@H]2[C@]3(CC[C@]4(C)[C@H]([C@]5(C)CC[C@H](C(C)(C)OC(C)=O)O5)[C@H](OC(C)=O)C[C@@]24C)C[C@@]32CC[C@@H](OC(C)=O)C(C)(C)[C@@H]12. The molecule has 0 bridgehead atoms. The van der Waals surface area contributed by atoms with Crippen molar-refractivity contribution in [3.05, 3.63) is 0 Å². The van der Waals surface area contributed by atoms with Gasteiger partial charge in [-0.2, -0.15) is 0 Å². The minimum absolute atomic E-state index is 0.00243. The summed E-state index contributed by atoms with van der Waals surface area (Å²) in [4.78, 5) is 49.5. The number of ether oxygens (including phenoxy) is 5. The molecule has 5 aliphatic carbocycles. The lowest BCUT2D eigenvalue weighted by molar-refractivity contribution is -0.225. The standard InChI is InChI=1S/C38H58O9/c1-21(39)43-25-18-27-35(10)19-26(44-22(2)40)31(36(11)14-12-29(47-36)33(7,8)46-24(4)42)34(35,9)16-17-37(27)20-38(37)15-13-28(45-23(3)41)32(5,6)30(25)38/h25-31H,12-20H2,1-11H3/t25-,26+,27-,28+,29+,30+,31+,34+,35-,36-,37-,38+/m0/s1. The van der Waals surface area contributed by atoms with E-state index in [-0.39, 0.29) is 93.1 Å². The number of fused-ring (bicyclic) bond motifs is 2. The highest BCUT2D eigenvalue weighted by Gasteiger charge is 2.85. The summed E-state index contributed by atoms with van der Waals surface area (Å²) in [5, 5.41) is 0. The van der Waals surface area contributed by atoms with E-state index < -0.39 is 11.2 Å². The summed E-state index contributed by atoms with van der Waals surface area (Å²) in [7, 11) is 0. The maximum atomic E-state index is 12.7. The molecular weight excluding hydrogens is 600 g/mol. The zero-order chi connectivity index (χ0) is 34.8. The van der Waals surface area contributed by atoms with E-state index in [1.165, 1.54) is 27.7 Å². The molecule has 1 saturated heterocycles. The van der Waals surface area contributed by atoms with Gasteiger partial charge in [-0.05, 0) is 106 Å². The van der Waals surface area contributed by atoms with Crippen LogP contribution >= 0.6 is 0 Å². The molecule has 5 saturated carbocycles. The lowest BCUT2D eigenvalue weighted by atomic mass is 9.41. The Morgan fingerprint density at radius 3 is 1.89 bits per heavy atom. The Morgan fingerprint density at radius 1 is 0.681 bits per heavy atom. The van der Waals surface area contributed by atoms with E-state index in [4.69, 9.17) is 23.7 Å². The average Bonchev–Trinajstić information content (AvgIpc) is 3.26. The average molecular weight is 659 g/mol. The molecule has 0 aromatic heterocycles. The molecule has 0 radical (unpaired) electrons. The molecule has 2 spiro atoms. The van der Waals surface area contributed by atoms with Gasteiger partial charge in [0.15, 0.2) is 0 Å². The zero-order valence-corrected chi connectivity index (χ0v) is 30.6. The highest BCUT2D eigenvalue weighted by molar-refractivity contribution is 5.67. The summed E-state index contributed by atoms with van der Waals surface area (Å²) < 4.78 is 31.2. The molecule has 9 nitrogen and oxygen atoms in total. The maximum absolute atomic E-state index is 12.7. The van der Waals surface area contributed by atoms with E-state index in [1.54, 1.807) is 0 Å². The number of hydrogen-bond acceptors (Lipinski definition) is 9. The first-order chi connectivity index (χ1) is 21.6. The van der Waals surface area contributed by atoms with E-state index >= 15 is 0 Å². The fraction of sp³-hybridized carbons (Fsp3) is 0.895. The van der Waals surface area contributed by atoms with Crippen LogP contribution in [-0.4, -0.2) is 59.5 Å². The normalized spacial score (nSPS) is 47.8. The highest BCUT2D eigenvalue weighted by Crippen LogP contribution is 2.89. The van der Waals surface area contributed by atoms with Crippen LogP contribution in [0.2, 0.25) is 0 Å². The molecule has 0 amide bonds. The van der Waals surface area contributed by atoms with Crippen molar-refractivity contribution in [2.24, 2.45) is 44.8 Å². The van der Waals surface area contributed by atoms with Crippen LogP contribution in [0.4, 0.5) is 0 Å². The van der Waals surface area contributed by atoms with Gasteiger partial charge in [0.1, 0.15) is 23.9 Å². The zero-order valence-electron chi connectivity index (χ0n) is 30.6. The summed E-state index contributed by atoms with van der Waals surface area (Å²) in [5.41, 5.74) is -2.06. The molecule has 1 aliphatic heterocycles. The van der Waals surface area contributed by atoms with Crippen LogP contribution in [0.3, 0.4) is 0 Å². The van der Waals surface area contributed by atoms with Gasteiger partial charge in [0.2, 0.25) is 0 Å². The Labute approximate surface area is 280 Å². The molecule has 47 heavy (non-hydrogen) atoms. The van der Waals surface area contributed by atoms with E-state index in [2.05, 4.69) is 34.6 Å². The molecular formula is C38H58O9. The Kier molecular flexibility index (Phi) is 7.88. The third kappa shape index (κ3) is 4.85. The smallest absolute Gasteiger partial charge is 0.303 e. The largest absolute Gasteiger partial charge is 0.462 e. The molecule has 0 unspecified atom stereocenters. The number of hydrogen-bond donors (Lipinski definition) is 0. The van der Waals surface area contributed by atoms with Gasteiger partial charge in [-0.15, -0.1) is 0 Å². The summed E-state index contributed by atoms with van der Waals surface area (Å²) in [5.74, 6) is -0.867. The lowest BCUT2D eigenvalue weighted by Crippen LogP contribution is -2.63. The van der Waals surface area contributed by atoms with E-state index in [9.17, 15) is 19.2 Å². The Balaban J connectivity index is 1.39. The maximum Gasteiger partial charge on any atom is 0.303 e. The third-order valence-corrected chi connectivity index (χ3v) is 15.0. The highest BCUT2D eigenvalue weighted by atomic mass is 16.6. The molecule has 1 heterocycles. The molecule has 6 aliphatic rings. The van der Waals surface area contributed by atoms with Crippen molar-refractivity contribution in [1.29, 1.82) is 0 Å². The molecule has 0 N–H and O–H groups in total. The number of carbonyl (C=O) groups is 4. The number of esters is 4. The minimum atomic E-state index is -0.784. The predicted octanol–water partition coefficient (Wildman–Crippen LogP) is 6.72. The van der Waals surface area contributed by atoms with Gasteiger partial charge < -0.3 is 23.7 Å². The Bertz CT molecular complexity index is 1350. The van der Waals surface area contributed by atoms with Gasteiger partial charge in [-0.1, -0.05) is 27.7 Å². The first-order valence-corrected chi connectivity index (χ1v) is 18.0. The topological polar surface area (TPSA) is 114 Å². The quantitative estimate of drug-likeness (QED) is 0.227. The van der Waals surface area contributed by atoms with Crippen LogP contribution < -0.4 is 0 Å². The van der Waals surface area contributed by atoms with Crippen molar-refractivity contribution in [2.45, 2.75) is 170 Å². The first-order valence-electron chi connectivity index (χ1n) is 18.0. The summed E-state index contributed by atoms with van der Waals surface area (Å²) in [6.07, 6.45) is 6.77. The third-order valence-electron chi connectivity index (χ3n) is 15.0. The van der Waals surface area contributed by atoms with Gasteiger partial charge in [-0.3, -0.25) is 19.2 Å². The minimum Gasteiger partial charge on any atom is -0.462 e. The van der Waals surface area contributed by atoms with Crippen molar-refractivity contribution in [3.8, 4) is 0 Å². The lowest BCUT2D eigenvalue weighted by Gasteiger charge is -2.64. The second kappa shape index (κ2) is 10.7. The first kappa shape index (κ1) is 34.7. The van der Waals surface area contributed by atoms with Crippen molar-refractivity contribution < 1.29 is 42.9 Å². The fourth-order valence-electron chi connectivity index (χ4n) is 13.5. The number of rotatable bonds is 6. The Hall–Kier alpha value is -2.16. The van der Waals surface area contributed by atoms with E-state index in [0.29, 0.717) is 0 Å². The molecule has 6 rings (SSSR count).